The molecule has 0 N–H and O–H groups in total. The summed E-state index contributed by atoms with van der Waals surface area (Å²) in [6.45, 7) is 1.79. The number of hydrogen-bond donors (Lipinski definition) is 0. The van der Waals surface area contributed by atoms with Crippen molar-refractivity contribution in [2.45, 2.75) is 13.0 Å². The average molecular weight is 317 g/mol. The lowest BCUT2D eigenvalue weighted by atomic mass is 10.1. The van der Waals surface area contributed by atoms with Gasteiger partial charge in [-0.15, -0.1) is 0 Å². The minimum atomic E-state index is -3.52. The second kappa shape index (κ2) is 5.63. The van der Waals surface area contributed by atoms with Crippen molar-refractivity contribution in [3.05, 3.63) is 34.3 Å². The van der Waals surface area contributed by atoms with Crippen molar-refractivity contribution in [1.82, 2.24) is 4.31 Å². The molecule has 0 aromatic heterocycles. The van der Waals surface area contributed by atoms with E-state index in [9.17, 15) is 8.42 Å². The lowest BCUT2D eigenvalue weighted by Crippen LogP contribution is -2.31. The van der Waals surface area contributed by atoms with Gasteiger partial charge in [-0.1, -0.05) is 34.1 Å². The summed E-state index contributed by atoms with van der Waals surface area (Å²) in [5.74, 6) is -0.502. The third-order valence-corrected chi connectivity index (χ3v) is 5.00. The molecule has 4 nitrogen and oxygen atoms in total. The summed E-state index contributed by atoms with van der Waals surface area (Å²) >= 11 is 3.38. The van der Waals surface area contributed by atoms with Crippen LogP contribution in [-0.2, 0) is 10.0 Å². The molecular formula is C11H13BrN2O2S. The van der Waals surface area contributed by atoms with Gasteiger partial charge in [-0.3, -0.25) is 0 Å². The molecule has 0 bridgehead atoms. The van der Waals surface area contributed by atoms with Crippen LogP contribution in [0.15, 0.2) is 28.7 Å². The van der Waals surface area contributed by atoms with Gasteiger partial charge in [-0.2, -0.15) is 9.57 Å². The number of nitriles is 1. The summed E-state index contributed by atoms with van der Waals surface area (Å²) in [6, 6.07) is 8.78. The molecule has 0 aliphatic rings. The highest BCUT2D eigenvalue weighted by Gasteiger charge is 2.24. The molecule has 0 aliphatic carbocycles. The van der Waals surface area contributed by atoms with Gasteiger partial charge in [-0.25, -0.2) is 8.42 Å². The van der Waals surface area contributed by atoms with E-state index in [1.807, 2.05) is 24.3 Å². The lowest BCUT2D eigenvalue weighted by molar-refractivity contribution is 0.399. The van der Waals surface area contributed by atoms with Crippen molar-refractivity contribution in [2.24, 2.45) is 0 Å². The first-order chi connectivity index (χ1) is 7.90. The van der Waals surface area contributed by atoms with Gasteiger partial charge in [0.15, 0.2) is 5.75 Å². The number of sulfonamides is 1. The van der Waals surface area contributed by atoms with Crippen LogP contribution >= 0.6 is 15.9 Å². The molecule has 0 spiro atoms. The van der Waals surface area contributed by atoms with Gasteiger partial charge in [0, 0.05) is 17.6 Å². The van der Waals surface area contributed by atoms with Crippen molar-refractivity contribution >= 4 is 26.0 Å². The van der Waals surface area contributed by atoms with E-state index < -0.39 is 15.8 Å². The molecule has 0 saturated heterocycles. The van der Waals surface area contributed by atoms with E-state index in [0.717, 1.165) is 10.0 Å². The minimum absolute atomic E-state index is 0.316. The summed E-state index contributed by atoms with van der Waals surface area (Å²) in [7, 11) is -2.04. The smallest absolute Gasteiger partial charge is 0.211 e. The van der Waals surface area contributed by atoms with E-state index in [-0.39, 0.29) is 6.04 Å². The SMILES string of the molecule is CC(c1ccccc1Br)N(C)S(=O)(=O)CC#N. The fourth-order valence-electron chi connectivity index (χ4n) is 1.43. The van der Waals surface area contributed by atoms with E-state index in [1.54, 1.807) is 13.0 Å². The number of halogens is 1. The predicted molar refractivity (Wildman–Crippen MR) is 69.7 cm³/mol. The van der Waals surface area contributed by atoms with Crippen LogP contribution in [0.1, 0.15) is 18.5 Å². The van der Waals surface area contributed by atoms with Crippen LogP contribution in [0.25, 0.3) is 0 Å². The Hall–Kier alpha value is -0.900. The molecule has 0 amide bonds. The summed E-state index contributed by atoms with van der Waals surface area (Å²) in [5.41, 5.74) is 0.872. The molecule has 0 radical (unpaired) electrons. The fraction of sp³-hybridized carbons (Fsp3) is 0.364. The van der Waals surface area contributed by atoms with Gasteiger partial charge in [-0.05, 0) is 18.6 Å². The Labute approximate surface area is 110 Å². The first-order valence-corrected chi connectivity index (χ1v) is 7.37. The second-order valence-corrected chi connectivity index (χ2v) is 6.51. The van der Waals surface area contributed by atoms with E-state index in [2.05, 4.69) is 15.9 Å². The van der Waals surface area contributed by atoms with Crippen LogP contribution in [0, 0.1) is 11.3 Å². The first kappa shape index (κ1) is 14.2. The van der Waals surface area contributed by atoms with Gasteiger partial charge < -0.3 is 0 Å². The summed E-state index contributed by atoms with van der Waals surface area (Å²) in [4.78, 5) is 0. The van der Waals surface area contributed by atoms with E-state index in [0.29, 0.717) is 0 Å². The van der Waals surface area contributed by atoms with Gasteiger partial charge >= 0.3 is 0 Å². The average Bonchev–Trinajstić information content (AvgIpc) is 2.27. The molecule has 0 saturated carbocycles. The van der Waals surface area contributed by atoms with Crippen LogP contribution in [-0.4, -0.2) is 25.5 Å². The predicted octanol–water partition coefficient (Wildman–Crippen LogP) is 2.30. The highest BCUT2D eigenvalue weighted by atomic mass is 79.9. The molecule has 1 atom stereocenters. The highest BCUT2D eigenvalue weighted by Crippen LogP contribution is 2.28. The summed E-state index contributed by atoms with van der Waals surface area (Å²) in [5, 5.41) is 8.49. The second-order valence-electron chi connectivity index (χ2n) is 3.63. The normalized spacial score (nSPS) is 13.4. The molecular weight excluding hydrogens is 304 g/mol. The highest BCUT2D eigenvalue weighted by molar-refractivity contribution is 9.10. The van der Waals surface area contributed by atoms with Crippen molar-refractivity contribution in [1.29, 1.82) is 5.26 Å². The van der Waals surface area contributed by atoms with Crippen LogP contribution in [0.3, 0.4) is 0 Å². The lowest BCUT2D eigenvalue weighted by Gasteiger charge is -2.24. The van der Waals surface area contributed by atoms with E-state index >= 15 is 0 Å². The maximum atomic E-state index is 11.7. The Morgan fingerprint density at radius 1 is 1.47 bits per heavy atom. The largest absolute Gasteiger partial charge is 0.227 e. The first-order valence-electron chi connectivity index (χ1n) is 4.97. The van der Waals surface area contributed by atoms with E-state index in [4.69, 9.17) is 5.26 Å². The number of rotatable bonds is 4. The number of nitrogens with zero attached hydrogens (tertiary/aromatic N) is 2. The fourth-order valence-corrected chi connectivity index (χ4v) is 3.01. The zero-order valence-electron chi connectivity index (χ0n) is 9.59. The minimum Gasteiger partial charge on any atom is -0.211 e. The van der Waals surface area contributed by atoms with Crippen molar-refractivity contribution in [3.63, 3.8) is 0 Å². The van der Waals surface area contributed by atoms with E-state index in [1.165, 1.54) is 11.4 Å². The number of benzene rings is 1. The molecule has 0 aliphatic heterocycles. The standard InChI is InChI=1S/C11H13BrN2O2S/c1-9(10-5-3-4-6-11(10)12)14(2)17(15,16)8-7-13/h3-6,9H,8H2,1-2H3. The van der Waals surface area contributed by atoms with Crippen molar-refractivity contribution in [2.75, 3.05) is 12.8 Å². The van der Waals surface area contributed by atoms with Gasteiger partial charge in [0.05, 0.1) is 6.07 Å². The maximum absolute atomic E-state index is 11.7. The Morgan fingerprint density at radius 3 is 2.59 bits per heavy atom. The summed E-state index contributed by atoms with van der Waals surface area (Å²) in [6.07, 6.45) is 0. The van der Waals surface area contributed by atoms with Crippen LogP contribution in [0.4, 0.5) is 0 Å². The van der Waals surface area contributed by atoms with Crippen LogP contribution in [0.2, 0.25) is 0 Å². The maximum Gasteiger partial charge on any atom is 0.227 e. The van der Waals surface area contributed by atoms with Gasteiger partial charge in [0.25, 0.3) is 0 Å². The third kappa shape index (κ3) is 3.28. The van der Waals surface area contributed by atoms with Crippen molar-refractivity contribution in [3.8, 4) is 6.07 Å². The Morgan fingerprint density at radius 2 is 2.06 bits per heavy atom. The Balaban J connectivity index is 3.04. The van der Waals surface area contributed by atoms with Gasteiger partial charge in [0.2, 0.25) is 10.0 Å². The molecule has 17 heavy (non-hydrogen) atoms. The molecule has 1 unspecified atom stereocenters. The number of hydrogen-bond acceptors (Lipinski definition) is 3. The Kier molecular flexibility index (Phi) is 4.69. The molecule has 6 heteroatoms. The molecule has 1 aromatic carbocycles. The molecule has 0 heterocycles. The summed E-state index contributed by atoms with van der Waals surface area (Å²) < 4.78 is 25.6. The molecule has 1 aromatic rings. The molecule has 92 valence electrons. The molecule has 1 rings (SSSR count). The quantitative estimate of drug-likeness (QED) is 0.856. The van der Waals surface area contributed by atoms with Crippen LogP contribution < -0.4 is 0 Å². The zero-order valence-corrected chi connectivity index (χ0v) is 12.0. The topological polar surface area (TPSA) is 61.2 Å². The van der Waals surface area contributed by atoms with Crippen LogP contribution in [0.5, 0.6) is 0 Å². The monoisotopic (exact) mass is 316 g/mol. The molecule has 0 fully saturated rings. The van der Waals surface area contributed by atoms with Crippen molar-refractivity contribution < 1.29 is 8.42 Å². The Bertz CT molecular complexity index is 537. The third-order valence-electron chi connectivity index (χ3n) is 2.59. The zero-order chi connectivity index (χ0) is 13.1. The van der Waals surface area contributed by atoms with Gasteiger partial charge in [0.1, 0.15) is 0 Å².